The van der Waals surface area contributed by atoms with Crippen molar-refractivity contribution < 1.29 is 13.8 Å². The fraction of sp³-hybridized carbons (Fsp3) is 0.0588. The van der Waals surface area contributed by atoms with Crippen LogP contribution in [0.15, 0.2) is 68.7 Å². The lowest BCUT2D eigenvalue weighted by Crippen LogP contribution is -1.87. The van der Waals surface area contributed by atoms with Crippen LogP contribution in [0.4, 0.5) is 5.69 Å². The van der Waals surface area contributed by atoms with Gasteiger partial charge in [-0.2, -0.15) is 0 Å². The zero-order valence-electron chi connectivity index (χ0n) is 13.7. The van der Waals surface area contributed by atoms with E-state index < -0.39 is 4.92 Å². The van der Waals surface area contributed by atoms with Gasteiger partial charge in [-0.3, -0.25) is 10.1 Å². The van der Waals surface area contributed by atoms with Gasteiger partial charge in [-0.1, -0.05) is 30.0 Å². The van der Waals surface area contributed by atoms with Crippen LogP contribution in [0.25, 0.3) is 22.9 Å². The minimum Gasteiger partial charge on any atom is -0.420 e. The molecule has 9 nitrogen and oxygen atoms in total. The molecule has 4 rings (SSSR count). The Morgan fingerprint density at radius 2 is 1.52 bits per heavy atom. The van der Waals surface area contributed by atoms with Crippen LogP contribution in [0.3, 0.4) is 0 Å². The predicted octanol–water partition coefficient (Wildman–Crippen LogP) is 3.99. The summed E-state index contributed by atoms with van der Waals surface area (Å²) in [5.74, 6) is 1.47. The Bertz CT molecular complexity index is 1060. The Hall–Kier alpha value is -3.53. The molecular weight excluding hydrogens is 370 g/mol. The summed E-state index contributed by atoms with van der Waals surface area (Å²) in [4.78, 5) is 10.2. The van der Waals surface area contributed by atoms with E-state index in [0.29, 0.717) is 28.3 Å². The molecule has 0 radical (unpaired) electrons. The molecule has 0 N–H and O–H groups in total. The molecule has 0 aliphatic carbocycles. The minimum absolute atomic E-state index is 0.000316. The molecule has 0 spiro atoms. The van der Waals surface area contributed by atoms with Gasteiger partial charge in [0.15, 0.2) is 0 Å². The van der Waals surface area contributed by atoms with Crippen molar-refractivity contribution in [3.05, 3.63) is 70.6 Å². The van der Waals surface area contributed by atoms with Gasteiger partial charge in [0.05, 0.1) is 10.7 Å². The van der Waals surface area contributed by atoms with Crippen LogP contribution in [-0.4, -0.2) is 25.3 Å². The standard InChI is InChI=1S/C17H11N5O4S/c23-22(24)13-8-6-12(7-9-13)15-19-18-14(25-15)10-27-17-21-20-16(26-17)11-4-2-1-3-5-11/h1-9H,10H2. The lowest BCUT2D eigenvalue weighted by Gasteiger charge is -1.95. The number of thioether (sulfide) groups is 1. The lowest BCUT2D eigenvalue weighted by atomic mass is 10.2. The van der Waals surface area contributed by atoms with Gasteiger partial charge in [0, 0.05) is 23.3 Å². The first-order valence-corrected chi connectivity index (χ1v) is 8.76. The molecule has 2 aromatic carbocycles. The van der Waals surface area contributed by atoms with Crippen LogP contribution < -0.4 is 0 Å². The maximum atomic E-state index is 10.7. The zero-order chi connectivity index (χ0) is 18.6. The molecule has 0 aliphatic heterocycles. The first kappa shape index (κ1) is 16.9. The van der Waals surface area contributed by atoms with E-state index in [0.717, 1.165) is 5.56 Å². The quantitative estimate of drug-likeness (QED) is 0.277. The summed E-state index contributed by atoms with van der Waals surface area (Å²) in [5, 5.41) is 27.0. The summed E-state index contributed by atoms with van der Waals surface area (Å²) in [7, 11) is 0. The molecule has 0 bridgehead atoms. The molecule has 0 aliphatic rings. The fourth-order valence-corrected chi connectivity index (χ4v) is 2.84. The first-order chi connectivity index (χ1) is 13.2. The Morgan fingerprint density at radius 1 is 0.852 bits per heavy atom. The SMILES string of the molecule is O=[N+]([O-])c1ccc(-c2nnc(CSc3nnc(-c4ccccc4)o3)o2)cc1. The van der Waals surface area contributed by atoms with Crippen molar-refractivity contribution in [1.29, 1.82) is 0 Å². The Labute approximate surface area is 156 Å². The van der Waals surface area contributed by atoms with Gasteiger partial charge in [0.2, 0.25) is 17.7 Å². The maximum absolute atomic E-state index is 10.7. The molecule has 0 unspecified atom stereocenters. The largest absolute Gasteiger partial charge is 0.420 e. The van der Waals surface area contributed by atoms with E-state index in [4.69, 9.17) is 8.83 Å². The van der Waals surface area contributed by atoms with Gasteiger partial charge >= 0.3 is 0 Å². The Kier molecular flexibility index (Phi) is 4.62. The highest BCUT2D eigenvalue weighted by atomic mass is 32.2. The number of nitro benzene ring substituents is 1. The first-order valence-electron chi connectivity index (χ1n) is 7.78. The van der Waals surface area contributed by atoms with E-state index in [2.05, 4.69) is 20.4 Å². The number of aromatic nitrogens is 4. The number of hydrogen-bond acceptors (Lipinski definition) is 9. The molecule has 27 heavy (non-hydrogen) atoms. The second kappa shape index (κ2) is 7.38. The molecule has 10 heteroatoms. The van der Waals surface area contributed by atoms with Crippen molar-refractivity contribution >= 4 is 17.4 Å². The molecule has 2 heterocycles. The molecule has 134 valence electrons. The van der Waals surface area contributed by atoms with Gasteiger partial charge in [0.1, 0.15) is 0 Å². The average molecular weight is 381 g/mol. The molecule has 0 fully saturated rings. The molecule has 2 aromatic heterocycles. The zero-order valence-corrected chi connectivity index (χ0v) is 14.5. The van der Waals surface area contributed by atoms with Crippen molar-refractivity contribution in [3.63, 3.8) is 0 Å². The van der Waals surface area contributed by atoms with E-state index in [1.807, 2.05) is 30.3 Å². The van der Waals surface area contributed by atoms with Crippen molar-refractivity contribution in [2.24, 2.45) is 0 Å². The molecule has 4 aromatic rings. The average Bonchev–Trinajstić information content (AvgIpc) is 3.37. The third-order valence-corrected chi connectivity index (χ3v) is 4.34. The van der Waals surface area contributed by atoms with Gasteiger partial charge in [-0.25, -0.2) is 0 Å². The van der Waals surface area contributed by atoms with Crippen LogP contribution in [-0.2, 0) is 5.75 Å². The van der Waals surface area contributed by atoms with Crippen LogP contribution in [0, 0.1) is 10.1 Å². The van der Waals surface area contributed by atoms with Gasteiger partial charge in [-0.05, 0) is 24.3 Å². The molecule has 0 amide bonds. The third kappa shape index (κ3) is 3.85. The van der Waals surface area contributed by atoms with Crippen LogP contribution in [0.1, 0.15) is 5.89 Å². The summed E-state index contributed by atoms with van der Waals surface area (Å²) < 4.78 is 11.2. The smallest absolute Gasteiger partial charge is 0.277 e. The highest BCUT2D eigenvalue weighted by Crippen LogP contribution is 2.27. The number of non-ortho nitro benzene ring substituents is 1. The topological polar surface area (TPSA) is 121 Å². The van der Waals surface area contributed by atoms with Crippen molar-refractivity contribution in [1.82, 2.24) is 20.4 Å². The number of hydrogen-bond donors (Lipinski definition) is 0. The molecule has 0 saturated heterocycles. The maximum Gasteiger partial charge on any atom is 0.277 e. The number of nitrogens with zero attached hydrogens (tertiary/aromatic N) is 5. The highest BCUT2D eigenvalue weighted by molar-refractivity contribution is 7.98. The monoisotopic (exact) mass is 381 g/mol. The summed E-state index contributed by atoms with van der Waals surface area (Å²) in [6.07, 6.45) is 0. The second-order valence-electron chi connectivity index (χ2n) is 5.33. The highest BCUT2D eigenvalue weighted by Gasteiger charge is 2.14. The van der Waals surface area contributed by atoms with E-state index in [9.17, 15) is 10.1 Å². The van der Waals surface area contributed by atoms with Crippen LogP contribution in [0.2, 0.25) is 0 Å². The fourth-order valence-electron chi connectivity index (χ4n) is 2.24. The lowest BCUT2D eigenvalue weighted by molar-refractivity contribution is -0.384. The van der Waals surface area contributed by atoms with Gasteiger partial charge < -0.3 is 8.83 Å². The number of benzene rings is 2. The minimum atomic E-state index is -0.465. The van der Waals surface area contributed by atoms with Gasteiger partial charge in [-0.15, -0.1) is 20.4 Å². The number of rotatable bonds is 6. The summed E-state index contributed by atoms with van der Waals surface area (Å²) >= 11 is 1.28. The van der Waals surface area contributed by atoms with E-state index in [1.54, 1.807) is 12.1 Å². The molecular formula is C17H11N5O4S. The van der Waals surface area contributed by atoms with Crippen LogP contribution in [0.5, 0.6) is 0 Å². The summed E-state index contributed by atoms with van der Waals surface area (Å²) in [5.41, 5.74) is 1.45. The second-order valence-corrected chi connectivity index (χ2v) is 6.26. The Morgan fingerprint density at radius 3 is 2.26 bits per heavy atom. The summed E-state index contributed by atoms with van der Waals surface area (Å²) in [6.45, 7) is 0. The van der Waals surface area contributed by atoms with Crippen molar-refractivity contribution in [2.45, 2.75) is 11.0 Å². The van der Waals surface area contributed by atoms with Gasteiger partial charge in [0.25, 0.3) is 10.9 Å². The van der Waals surface area contributed by atoms with E-state index >= 15 is 0 Å². The Balaban J connectivity index is 1.41. The van der Waals surface area contributed by atoms with E-state index in [-0.39, 0.29) is 11.6 Å². The number of nitro groups is 1. The third-order valence-electron chi connectivity index (χ3n) is 3.54. The normalized spacial score (nSPS) is 10.8. The van der Waals surface area contributed by atoms with E-state index in [1.165, 1.54) is 23.9 Å². The van der Waals surface area contributed by atoms with Crippen LogP contribution >= 0.6 is 11.8 Å². The van der Waals surface area contributed by atoms with Crippen molar-refractivity contribution in [2.75, 3.05) is 0 Å². The summed E-state index contributed by atoms with van der Waals surface area (Å²) in [6, 6.07) is 15.4. The predicted molar refractivity (Wildman–Crippen MR) is 95.7 cm³/mol. The molecule has 0 atom stereocenters. The molecule has 0 saturated carbocycles. The van der Waals surface area contributed by atoms with Crippen molar-refractivity contribution in [3.8, 4) is 22.9 Å².